The second kappa shape index (κ2) is 9.15. The Morgan fingerprint density at radius 1 is 0.787 bits per heavy atom. The molecule has 252 valence electrons. The first-order chi connectivity index (χ1) is 21.7. The van der Waals surface area contributed by atoms with E-state index in [2.05, 4.69) is 0 Å². The molecule has 4 bridgehead atoms. The van der Waals surface area contributed by atoms with Crippen LogP contribution in [0.5, 0.6) is 5.75 Å². The van der Waals surface area contributed by atoms with Gasteiger partial charge in [-0.3, -0.25) is 9.59 Å². The van der Waals surface area contributed by atoms with E-state index in [1.165, 1.54) is 0 Å². The second-order valence-electron chi connectivity index (χ2n) is 15.9. The predicted molar refractivity (Wildman–Crippen MR) is 164 cm³/mol. The van der Waals surface area contributed by atoms with Crippen molar-refractivity contribution in [2.45, 2.75) is 117 Å². The van der Waals surface area contributed by atoms with Gasteiger partial charge in [0.15, 0.2) is 12.2 Å². The SMILES string of the molecule is CC1(C)Oc2ccc3cc(CN)c(=O)oc3c2[C@@H](OC(=O)[C@@]23CC[C@](C)(C(=O)O2)C3(C)C)[C@H]1OC(=O)[C@@]12CC[C@](C)(C(=O)O1)C2(C)C. The lowest BCUT2D eigenvalue weighted by molar-refractivity contribution is -0.217. The van der Waals surface area contributed by atoms with Crippen LogP contribution < -0.4 is 16.1 Å². The van der Waals surface area contributed by atoms with Gasteiger partial charge in [0.1, 0.15) is 16.9 Å². The highest BCUT2D eigenvalue weighted by Gasteiger charge is 2.78. The number of ether oxygens (including phenoxy) is 5. The molecule has 12 heteroatoms. The topological polar surface area (TPSA) is 171 Å². The first-order valence-electron chi connectivity index (χ1n) is 16.1. The molecule has 2 aliphatic carbocycles. The highest BCUT2D eigenvalue weighted by atomic mass is 16.7. The molecule has 0 radical (unpaired) electrons. The molecule has 2 N–H and O–H groups in total. The summed E-state index contributed by atoms with van der Waals surface area (Å²) in [5.41, 5.74) is -2.58. The normalized spacial score (nSPS) is 36.8. The summed E-state index contributed by atoms with van der Waals surface area (Å²) < 4.78 is 36.5. The summed E-state index contributed by atoms with van der Waals surface area (Å²) in [5.74, 6) is -2.33. The molecule has 1 aromatic heterocycles. The molecule has 4 fully saturated rings. The van der Waals surface area contributed by atoms with E-state index < -0.39 is 80.2 Å². The molecule has 0 amide bonds. The molecule has 6 atom stereocenters. The van der Waals surface area contributed by atoms with E-state index in [1.54, 1.807) is 59.7 Å². The first kappa shape index (κ1) is 31.7. The molecular weight excluding hydrogens is 610 g/mol. The minimum atomic E-state index is -1.61. The van der Waals surface area contributed by atoms with Crippen molar-refractivity contribution in [2.24, 2.45) is 27.4 Å². The zero-order valence-electron chi connectivity index (χ0n) is 28.0. The Bertz CT molecular complexity index is 1860. The minimum absolute atomic E-state index is 0.0607. The number of esters is 4. The van der Waals surface area contributed by atoms with Crippen LogP contribution in [0.25, 0.3) is 11.0 Å². The average Bonchev–Trinajstić information content (AvgIpc) is 3.46. The van der Waals surface area contributed by atoms with Gasteiger partial charge in [0.05, 0.1) is 22.0 Å². The van der Waals surface area contributed by atoms with Gasteiger partial charge in [-0.25, -0.2) is 14.4 Å². The smallest absolute Gasteiger partial charge is 0.351 e. The summed E-state index contributed by atoms with van der Waals surface area (Å²) >= 11 is 0. The fourth-order valence-corrected chi connectivity index (χ4v) is 8.74. The van der Waals surface area contributed by atoms with Crippen LogP contribution in [0.2, 0.25) is 0 Å². The molecule has 2 saturated heterocycles. The molecular formula is C35H41NO11. The Balaban J connectivity index is 1.37. The molecule has 3 aliphatic heterocycles. The van der Waals surface area contributed by atoms with Gasteiger partial charge in [-0.2, -0.15) is 0 Å². The number of carbonyl (C=O) groups excluding carboxylic acids is 4. The number of fused-ring (bicyclic) bond motifs is 7. The Hall–Kier alpha value is -3.93. The molecule has 0 unspecified atom stereocenters. The highest BCUT2D eigenvalue weighted by Crippen LogP contribution is 2.67. The third kappa shape index (κ3) is 3.54. The maximum atomic E-state index is 14.5. The molecule has 4 heterocycles. The Morgan fingerprint density at radius 2 is 1.32 bits per heavy atom. The van der Waals surface area contributed by atoms with Crippen LogP contribution in [0, 0.1) is 21.7 Å². The molecule has 2 aromatic rings. The number of hydrogen-bond donors (Lipinski definition) is 1. The van der Waals surface area contributed by atoms with Gasteiger partial charge in [0.25, 0.3) is 0 Å². The number of carbonyl (C=O) groups is 4. The van der Waals surface area contributed by atoms with Gasteiger partial charge in [0.2, 0.25) is 11.2 Å². The Morgan fingerprint density at radius 3 is 1.79 bits per heavy atom. The maximum absolute atomic E-state index is 14.5. The van der Waals surface area contributed by atoms with E-state index in [0.29, 0.717) is 18.2 Å². The Kier molecular flexibility index (Phi) is 6.16. The molecule has 2 saturated carbocycles. The molecule has 7 rings (SSSR count). The van der Waals surface area contributed by atoms with Crippen molar-refractivity contribution in [3.8, 4) is 5.75 Å². The monoisotopic (exact) mass is 651 g/mol. The van der Waals surface area contributed by atoms with E-state index in [9.17, 15) is 24.0 Å². The summed E-state index contributed by atoms with van der Waals surface area (Å²) in [6.07, 6.45) is -1.37. The van der Waals surface area contributed by atoms with Crippen molar-refractivity contribution in [1.29, 1.82) is 0 Å². The molecule has 12 nitrogen and oxygen atoms in total. The summed E-state index contributed by atoms with van der Waals surface area (Å²) in [6, 6.07) is 4.94. The van der Waals surface area contributed by atoms with Gasteiger partial charge < -0.3 is 33.8 Å². The lowest BCUT2D eigenvalue weighted by atomic mass is 9.66. The molecule has 1 aromatic carbocycles. The largest absolute Gasteiger partial charge is 0.483 e. The fraction of sp³-hybridized carbons (Fsp3) is 0.629. The molecule has 0 spiro atoms. The van der Waals surface area contributed by atoms with E-state index in [0.717, 1.165) is 0 Å². The zero-order chi connectivity index (χ0) is 34.3. The van der Waals surface area contributed by atoms with Gasteiger partial charge in [-0.15, -0.1) is 0 Å². The highest BCUT2D eigenvalue weighted by molar-refractivity contribution is 5.95. The summed E-state index contributed by atoms with van der Waals surface area (Å²) in [6.45, 7) is 14.1. The van der Waals surface area contributed by atoms with Crippen molar-refractivity contribution in [1.82, 2.24) is 0 Å². The second-order valence-corrected chi connectivity index (χ2v) is 15.9. The fourth-order valence-electron chi connectivity index (χ4n) is 8.74. The van der Waals surface area contributed by atoms with Crippen molar-refractivity contribution < 1.29 is 47.3 Å². The van der Waals surface area contributed by atoms with Crippen LogP contribution >= 0.6 is 0 Å². The van der Waals surface area contributed by atoms with Crippen LogP contribution in [0.1, 0.15) is 98.3 Å². The van der Waals surface area contributed by atoms with E-state index in [1.807, 2.05) is 13.8 Å². The predicted octanol–water partition coefficient (Wildman–Crippen LogP) is 4.16. The number of hydrogen-bond acceptors (Lipinski definition) is 12. The minimum Gasteiger partial charge on any atom is -0.483 e. The van der Waals surface area contributed by atoms with Gasteiger partial charge in [0, 0.05) is 22.8 Å². The number of rotatable bonds is 5. The van der Waals surface area contributed by atoms with Crippen LogP contribution in [0.3, 0.4) is 0 Å². The number of nitrogens with two attached hydrogens (primary N) is 1. The standard InChI is InChI=1S/C35H41NO11/c1-29(2)23(44-28(41)35-14-12-33(8,26(39)47-35)31(35,5)6)22(43-27(40)34-13-11-32(7,25(38)46-34)30(34,3)4)20-19(45-29)10-9-17-15-18(16-36)24(37)42-21(17)20/h9-10,15,22-23H,11-14,16,36H2,1-8H3/t22-,23-,32-,33-,34-,35-/m1/s1. The molecule has 47 heavy (non-hydrogen) atoms. The van der Waals surface area contributed by atoms with Crippen LogP contribution in [0.4, 0.5) is 0 Å². The van der Waals surface area contributed by atoms with Gasteiger partial charge in [-0.1, -0.05) is 27.7 Å². The number of benzene rings is 1. The summed E-state index contributed by atoms with van der Waals surface area (Å²) in [7, 11) is 0. The van der Waals surface area contributed by atoms with Gasteiger partial charge in [-0.05, 0) is 71.6 Å². The van der Waals surface area contributed by atoms with E-state index in [-0.39, 0.29) is 41.8 Å². The van der Waals surface area contributed by atoms with Crippen molar-refractivity contribution in [2.75, 3.05) is 0 Å². The Labute approximate surface area is 271 Å². The van der Waals surface area contributed by atoms with Crippen molar-refractivity contribution >= 4 is 34.8 Å². The van der Waals surface area contributed by atoms with Gasteiger partial charge >= 0.3 is 29.5 Å². The summed E-state index contributed by atoms with van der Waals surface area (Å²) in [4.78, 5) is 67.8. The zero-order valence-corrected chi connectivity index (χ0v) is 28.0. The molecule has 5 aliphatic rings. The first-order valence-corrected chi connectivity index (χ1v) is 16.1. The third-order valence-electron chi connectivity index (χ3n) is 13.1. The lowest BCUT2D eigenvalue weighted by Gasteiger charge is -2.45. The lowest BCUT2D eigenvalue weighted by Crippen LogP contribution is -2.57. The average molecular weight is 652 g/mol. The third-order valence-corrected chi connectivity index (χ3v) is 13.1. The van der Waals surface area contributed by atoms with Crippen molar-refractivity contribution in [3.05, 3.63) is 39.7 Å². The van der Waals surface area contributed by atoms with Crippen LogP contribution in [-0.2, 0) is 44.7 Å². The van der Waals surface area contributed by atoms with E-state index >= 15 is 0 Å². The van der Waals surface area contributed by atoms with E-state index in [4.69, 9.17) is 33.8 Å². The quantitative estimate of drug-likeness (QED) is 0.279. The van der Waals surface area contributed by atoms with Crippen LogP contribution in [0.15, 0.2) is 27.4 Å². The summed E-state index contributed by atoms with van der Waals surface area (Å²) in [5, 5.41) is 0.480. The van der Waals surface area contributed by atoms with Crippen LogP contribution in [-0.4, -0.2) is 46.8 Å². The van der Waals surface area contributed by atoms with Crippen molar-refractivity contribution in [3.63, 3.8) is 0 Å². The maximum Gasteiger partial charge on any atom is 0.351 e.